The van der Waals surface area contributed by atoms with E-state index in [-0.39, 0.29) is 18.2 Å². The quantitative estimate of drug-likeness (QED) is 0.496. The number of para-hydroxylation sites is 1. The smallest absolute Gasteiger partial charge is 0.231 e. The van der Waals surface area contributed by atoms with Crippen LogP contribution in [0.15, 0.2) is 54.6 Å². The molecule has 0 bridgehead atoms. The van der Waals surface area contributed by atoms with Crippen LogP contribution in [0.3, 0.4) is 0 Å². The number of hydrogen-bond acceptors (Lipinski definition) is 6. The molecule has 1 aromatic heterocycles. The minimum Gasteiger partial charge on any atom is -0.494 e. The summed E-state index contributed by atoms with van der Waals surface area (Å²) in [6.07, 6.45) is 2.68. The van der Waals surface area contributed by atoms with Gasteiger partial charge < -0.3 is 15.0 Å². The first-order chi connectivity index (χ1) is 15.6. The van der Waals surface area contributed by atoms with Gasteiger partial charge in [-0.1, -0.05) is 48.6 Å². The lowest BCUT2D eigenvalue weighted by Crippen LogP contribution is -2.28. The zero-order valence-electron chi connectivity index (χ0n) is 18.0. The zero-order valence-corrected chi connectivity index (χ0v) is 18.8. The minimum absolute atomic E-state index is 0.0363. The summed E-state index contributed by atoms with van der Waals surface area (Å²) in [5, 5.41) is 12.4. The van der Waals surface area contributed by atoms with E-state index in [2.05, 4.69) is 22.4 Å². The van der Waals surface area contributed by atoms with Gasteiger partial charge in [0.25, 0.3) is 0 Å². The fourth-order valence-electron chi connectivity index (χ4n) is 3.59. The highest BCUT2D eigenvalue weighted by Crippen LogP contribution is 2.27. The third kappa shape index (κ3) is 5.50. The molecule has 1 aliphatic rings. The molecular formula is C24H26N4O3S. The van der Waals surface area contributed by atoms with Crippen molar-refractivity contribution < 1.29 is 14.3 Å². The number of carbonyl (C=O) groups excluding carboxylic acids is 2. The Labute approximate surface area is 191 Å². The molecule has 1 atom stereocenters. The van der Waals surface area contributed by atoms with Gasteiger partial charge in [-0.25, -0.2) is 0 Å². The number of nitrogens with one attached hydrogen (secondary N) is 1. The molecular weight excluding hydrogens is 424 g/mol. The van der Waals surface area contributed by atoms with Gasteiger partial charge in [0.05, 0.1) is 12.5 Å². The van der Waals surface area contributed by atoms with E-state index in [4.69, 9.17) is 4.74 Å². The van der Waals surface area contributed by atoms with Gasteiger partial charge in [0.2, 0.25) is 16.9 Å². The Balaban J connectivity index is 1.25. The molecule has 3 aromatic rings. The molecule has 1 fully saturated rings. The van der Waals surface area contributed by atoms with Gasteiger partial charge in [-0.2, -0.15) is 0 Å². The van der Waals surface area contributed by atoms with Crippen LogP contribution in [0.2, 0.25) is 0 Å². The highest BCUT2D eigenvalue weighted by atomic mass is 32.1. The highest BCUT2D eigenvalue weighted by molar-refractivity contribution is 7.15. The molecule has 166 valence electrons. The summed E-state index contributed by atoms with van der Waals surface area (Å²) in [7, 11) is 0. The van der Waals surface area contributed by atoms with Crippen LogP contribution in [0, 0.1) is 5.92 Å². The first-order valence-electron chi connectivity index (χ1n) is 10.8. The summed E-state index contributed by atoms with van der Waals surface area (Å²) in [6.45, 7) is 3.05. The molecule has 7 nitrogen and oxygen atoms in total. The van der Waals surface area contributed by atoms with Crippen LogP contribution in [0.4, 0.5) is 10.8 Å². The van der Waals surface area contributed by atoms with E-state index in [1.165, 1.54) is 16.9 Å². The van der Waals surface area contributed by atoms with E-state index in [9.17, 15) is 9.59 Å². The maximum absolute atomic E-state index is 12.7. The monoisotopic (exact) mass is 450 g/mol. The van der Waals surface area contributed by atoms with Crippen molar-refractivity contribution in [1.82, 2.24) is 10.2 Å². The van der Waals surface area contributed by atoms with Crippen molar-refractivity contribution in [3.05, 3.63) is 65.2 Å². The number of aromatic nitrogens is 2. The Kier molecular flexibility index (Phi) is 7.11. The van der Waals surface area contributed by atoms with Crippen LogP contribution < -0.4 is 15.0 Å². The SMILES string of the molecule is CCc1ccc(N2CC(C(=O)Nc3nnc(CCCOc4ccccc4)s3)CC2=O)cc1. The fourth-order valence-corrected chi connectivity index (χ4v) is 4.37. The van der Waals surface area contributed by atoms with Crippen molar-refractivity contribution >= 4 is 34.0 Å². The van der Waals surface area contributed by atoms with E-state index < -0.39 is 5.92 Å². The van der Waals surface area contributed by atoms with Crippen LogP contribution >= 0.6 is 11.3 Å². The number of amides is 2. The summed E-state index contributed by atoms with van der Waals surface area (Å²) in [4.78, 5) is 26.8. The Morgan fingerprint density at radius 3 is 2.69 bits per heavy atom. The number of hydrogen-bond donors (Lipinski definition) is 1. The third-order valence-electron chi connectivity index (χ3n) is 5.40. The second-order valence-corrected chi connectivity index (χ2v) is 8.74. The van der Waals surface area contributed by atoms with Crippen LogP contribution in [0.1, 0.15) is 30.3 Å². The second kappa shape index (κ2) is 10.4. The number of nitrogens with zero attached hydrogens (tertiary/aromatic N) is 3. The number of carbonyl (C=O) groups is 2. The summed E-state index contributed by atoms with van der Waals surface area (Å²) in [5.41, 5.74) is 2.05. The minimum atomic E-state index is -0.403. The Morgan fingerprint density at radius 1 is 1.16 bits per heavy atom. The Bertz CT molecular complexity index is 1050. The molecule has 1 saturated heterocycles. The van der Waals surface area contributed by atoms with Crippen molar-refractivity contribution in [1.29, 1.82) is 0 Å². The maximum Gasteiger partial charge on any atom is 0.231 e. The van der Waals surface area contributed by atoms with Crippen LogP contribution in [0.25, 0.3) is 0 Å². The number of anilines is 2. The van der Waals surface area contributed by atoms with E-state index in [1.54, 1.807) is 4.90 Å². The average Bonchev–Trinajstić information content (AvgIpc) is 3.44. The zero-order chi connectivity index (χ0) is 22.3. The summed E-state index contributed by atoms with van der Waals surface area (Å²) in [6, 6.07) is 17.6. The molecule has 2 amide bonds. The predicted molar refractivity (Wildman–Crippen MR) is 125 cm³/mol. The Hall–Kier alpha value is -3.26. The van der Waals surface area contributed by atoms with E-state index in [1.807, 2.05) is 54.6 Å². The topological polar surface area (TPSA) is 84.4 Å². The number of benzene rings is 2. The number of rotatable bonds is 9. The van der Waals surface area contributed by atoms with Gasteiger partial charge in [-0.15, -0.1) is 10.2 Å². The number of ether oxygens (including phenoxy) is 1. The van der Waals surface area contributed by atoms with Gasteiger partial charge in [0, 0.05) is 25.1 Å². The summed E-state index contributed by atoms with van der Waals surface area (Å²) >= 11 is 1.36. The second-order valence-electron chi connectivity index (χ2n) is 7.68. The van der Waals surface area contributed by atoms with Gasteiger partial charge in [0.15, 0.2) is 0 Å². The summed E-state index contributed by atoms with van der Waals surface area (Å²) < 4.78 is 5.69. The van der Waals surface area contributed by atoms with Gasteiger partial charge in [-0.3, -0.25) is 9.59 Å². The standard InChI is InChI=1S/C24H26N4O3S/c1-2-17-10-12-19(13-11-17)28-16-18(15-22(28)29)23(30)25-24-27-26-21(32-24)9-6-14-31-20-7-4-3-5-8-20/h3-5,7-8,10-13,18H,2,6,9,14-16H2,1H3,(H,25,27,30). The van der Waals surface area contributed by atoms with Gasteiger partial charge >= 0.3 is 0 Å². The molecule has 0 saturated carbocycles. The molecule has 8 heteroatoms. The van der Waals surface area contributed by atoms with Crippen LogP contribution in [-0.2, 0) is 22.4 Å². The van der Waals surface area contributed by atoms with E-state index in [0.717, 1.165) is 35.7 Å². The molecule has 0 aliphatic carbocycles. The molecule has 2 aromatic carbocycles. The van der Waals surface area contributed by atoms with Crippen molar-refractivity contribution in [2.75, 3.05) is 23.4 Å². The van der Waals surface area contributed by atoms with E-state index >= 15 is 0 Å². The van der Waals surface area contributed by atoms with Crippen molar-refractivity contribution in [2.24, 2.45) is 5.92 Å². The average molecular weight is 451 g/mol. The van der Waals surface area contributed by atoms with Crippen LogP contribution in [0.5, 0.6) is 5.75 Å². The molecule has 32 heavy (non-hydrogen) atoms. The lowest BCUT2D eigenvalue weighted by molar-refractivity contribution is -0.122. The molecule has 0 radical (unpaired) electrons. The van der Waals surface area contributed by atoms with Crippen molar-refractivity contribution in [3.63, 3.8) is 0 Å². The Morgan fingerprint density at radius 2 is 1.94 bits per heavy atom. The number of aryl methyl sites for hydroxylation is 2. The van der Waals surface area contributed by atoms with Crippen LogP contribution in [-0.4, -0.2) is 35.2 Å². The van der Waals surface area contributed by atoms with Gasteiger partial charge in [0.1, 0.15) is 10.8 Å². The summed E-state index contributed by atoms with van der Waals surface area (Å²) in [5.74, 6) is 0.214. The highest BCUT2D eigenvalue weighted by Gasteiger charge is 2.35. The molecule has 2 heterocycles. The third-order valence-corrected chi connectivity index (χ3v) is 6.29. The lowest BCUT2D eigenvalue weighted by atomic mass is 10.1. The van der Waals surface area contributed by atoms with Crippen molar-refractivity contribution in [3.8, 4) is 5.75 Å². The molecule has 0 spiro atoms. The molecule has 1 unspecified atom stereocenters. The largest absolute Gasteiger partial charge is 0.494 e. The predicted octanol–water partition coefficient (Wildman–Crippen LogP) is 4.10. The molecule has 4 rings (SSSR count). The maximum atomic E-state index is 12.7. The van der Waals surface area contributed by atoms with E-state index in [0.29, 0.717) is 18.3 Å². The first kappa shape index (κ1) is 22.0. The van der Waals surface area contributed by atoms with Crippen molar-refractivity contribution in [2.45, 2.75) is 32.6 Å². The first-order valence-corrected chi connectivity index (χ1v) is 11.6. The fraction of sp³-hybridized carbons (Fsp3) is 0.333. The lowest BCUT2D eigenvalue weighted by Gasteiger charge is -2.17. The molecule has 1 N–H and O–H groups in total. The van der Waals surface area contributed by atoms with Gasteiger partial charge in [-0.05, 0) is 42.7 Å². The molecule has 1 aliphatic heterocycles. The normalized spacial score (nSPS) is 15.7.